The molecule has 1 heterocycles. The summed E-state index contributed by atoms with van der Waals surface area (Å²) in [5, 5.41) is 10.1. The number of piperidine rings is 1. The summed E-state index contributed by atoms with van der Waals surface area (Å²) in [6.07, 6.45) is 6.23. The Labute approximate surface area is 111 Å². The summed E-state index contributed by atoms with van der Waals surface area (Å²) in [4.78, 5) is 2.61. The number of para-hydroxylation sites is 1. The van der Waals surface area contributed by atoms with Crippen LogP contribution in [0.4, 0.5) is 0 Å². The third-order valence-electron chi connectivity index (χ3n) is 4.23. The molecule has 1 saturated heterocycles. The molecule has 2 rings (SSSR count). The summed E-state index contributed by atoms with van der Waals surface area (Å²) in [6, 6.07) is 8.87. The quantitative estimate of drug-likeness (QED) is 0.865. The highest BCUT2D eigenvalue weighted by atomic mass is 16.3. The number of nitrogens with zero attached hydrogens (tertiary/aromatic N) is 1. The molecule has 0 spiro atoms. The molecule has 1 aliphatic heterocycles. The van der Waals surface area contributed by atoms with Crippen LogP contribution in [0.25, 0.3) is 0 Å². The summed E-state index contributed by atoms with van der Waals surface area (Å²) in [6.45, 7) is 5.67. The van der Waals surface area contributed by atoms with Gasteiger partial charge in [-0.15, -0.1) is 0 Å². The highest BCUT2D eigenvalue weighted by molar-refractivity contribution is 5.34. The molecule has 0 bridgehead atoms. The number of hydrogen-bond donors (Lipinski definition) is 1. The number of phenolic OH excluding ortho intramolecular Hbond substituents is 1. The number of hydrogen-bond acceptors (Lipinski definition) is 2. The lowest BCUT2D eigenvalue weighted by Gasteiger charge is -2.41. The van der Waals surface area contributed by atoms with Crippen molar-refractivity contribution >= 4 is 0 Å². The molecule has 1 aromatic carbocycles. The molecule has 0 aliphatic carbocycles. The summed E-state index contributed by atoms with van der Waals surface area (Å²) >= 11 is 0. The first-order valence-electron chi connectivity index (χ1n) is 7.31. The molecule has 1 aliphatic rings. The van der Waals surface area contributed by atoms with E-state index in [4.69, 9.17) is 0 Å². The van der Waals surface area contributed by atoms with E-state index in [1.807, 2.05) is 18.2 Å². The minimum Gasteiger partial charge on any atom is -0.508 e. The molecular weight excluding hydrogens is 222 g/mol. The van der Waals surface area contributed by atoms with Gasteiger partial charge in [-0.25, -0.2) is 0 Å². The van der Waals surface area contributed by atoms with Crippen LogP contribution in [-0.4, -0.2) is 22.6 Å². The Morgan fingerprint density at radius 1 is 1.28 bits per heavy atom. The first-order valence-corrected chi connectivity index (χ1v) is 7.31. The second-order valence-corrected chi connectivity index (χ2v) is 5.28. The van der Waals surface area contributed by atoms with Gasteiger partial charge < -0.3 is 5.11 Å². The molecule has 1 fully saturated rings. The van der Waals surface area contributed by atoms with Crippen molar-refractivity contribution in [2.24, 2.45) is 0 Å². The number of rotatable bonds is 4. The van der Waals surface area contributed by atoms with Gasteiger partial charge in [0.25, 0.3) is 0 Å². The lowest BCUT2D eigenvalue weighted by atomic mass is 9.93. The van der Waals surface area contributed by atoms with E-state index in [-0.39, 0.29) is 0 Å². The predicted octanol–water partition coefficient (Wildman–Crippen LogP) is 4.11. The van der Waals surface area contributed by atoms with Crippen molar-refractivity contribution in [3.05, 3.63) is 29.8 Å². The SMILES string of the molecule is CCC1CCCCN1C(CC)c1ccccc1O. The smallest absolute Gasteiger partial charge is 0.120 e. The van der Waals surface area contributed by atoms with E-state index in [2.05, 4.69) is 24.8 Å². The van der Waals surface area contributed by atoms with Crippen molar-refractivity contribution in [3.63, 3.8) is 0 Å². The fourth-order valence-corrected chi connectivity index (χ4v) is 3.27. The lowest BCUT2D eigenvalue weighted by molar-refractivity contribution is 0.0874. The lowest BCUT2D eigenvalue weighted by Crippen LogP contribution is -2.41. The molecule has 0 aromatic heterocycles. The normalized spacial score (nSPS) is 22.9. The maximum absolute atomic E-state index is 10.1. The highest BCUT2D eigenvalue weighted by Gasteiger charge is 2.28. The Morgan fingerprint density at radius 2 is 2.06 bits per heavy atom. The predicted molar refractivity (Wildman–Crippen MR) is 75.8 cm³/mol. The summed E-state index contributed by atoms with van der Waals surface area (Å²) in [5.74, 6) is 0.449. The largest absolute Gasteiger partial charge is 0.508 e. The number of aromatic hydroxyl groups is 1. The Kier molecular flexibility index (Phi) is 4.65. The molecule has 2 heteroatoms. The summed E-state index contributed by atoms with van der Waals surface area (Å²) in [5.41, 5.74) is 1.10. The minimum absolute atomic E-state index is 0.372. The Bertz CT molecular complexity index is 377. The van der Waals surface area contributed by atoms with E-state index in [1.165, 1.54) is 32.2 Å². The van der Waals surface area contributed by atoms with Gasteiger partial charge in [-0.1, -0.05) is 38.5 Å². The Balaban J connectivity index is 2.24. The van der Waals surface area contributed by atoms with Crippen LogP contribution >= 0.6 is 0 Å². The van der Waals surface area contributed by atoms with Gasteiger partial charge in [-0.3, -0.25) is 4.90 Å². The van der Waals surface area contributed by atoms with Crippen molar-refractivity contribution in [2.45, 2.75) is 58.0 Å². The minimum atomic E-state index is 0.372. The zero-order valence-corrected chi connectivity index (χ0v) is 11.6. The van der Waals surface area contributed by atoms with Crippen LogP contribution in [0.1, 0.15) is 57.6 Å². The van der Waals surface area contributed by atoms with E-state index in [9.17, 15) is 5.11 Å². The summed E-state index contributed by atoms with van der Waals surface area (Å²) in [7, 11) is 0. The van der Waals surface area contributed by atoms with Crippen LogP contribution in [0.15, 0.2) is 24.3 Å². The van der Waals surface area contributed by atoms with Gasteiger partial charge >= 0.3 is 0 Å². The fourth-order valence-electron chi connectivity index (χ4n) is 3.27. The van der Waals surface area contributed by atoms with Crippen molar-refractivity contribution in [2.75, 3.05) is 6.54 Å². The third-order valence-corrected chi connectivity index (χ3v) is 4.23. The second kappa shape index (κ2) is 6.24. The van der Waals surface area contributed by atoms with Crippen LogP contribution in [0, 0.1) is 0 Å². The maximum Gasteiger partial charge on any atom is 0.120 e. The average molecular weight is 247 g/mol. The van der Waals surface area contributed by atoms with E-state index >= 15 is 0 Å². The third kappa shape index (κ3) is 2.69. The van der Waals surface area contributed by atoms with E-state index < -0.39 is 0 Å². The summed E-state index contributed by atoms with van der Waals surface area (Å²) < 4.78 is 0. The molecule has 0 radical (unpaired) electrons. The van der Waals surface area contributed by atoms with E-state index in [1.54, 1.807) is 0 Å². The van der Waals surface area contributed by atoms with Gasteiger partial charge in [0, 0.05) is 17.6 Å². The molecule has 2 nitrogen and oxygen atoms in total. The van der Waals surface area contributed by atoms with Crippen molar-refractivity contribution < 1.29 is 5.11 Å². The van der Waals surface area contributed by atoms with Crippen molar-refractivity contribution in [1.82, 2.24) is 4.90 Å². The van der Waals surface area contributed by atoms with Crippen LogP contribution < -0.4 is 0 Å². The van der Waals surface area contributed by atoms with Gasteiger partial charge in [0.15, 0.2) is 0 Å². The fraction of sp³-hybridized carbons (Fsp3) is 0.625. The van der Waals surface area contributed by atoms with Gasteiger partial charge in [-0.05, 0) is 38.3 Å². The maximum atomic E-state index is 10.1. The van der Waals surface area contributed by atoms with Crippen LogP contribution in [-0.2, 0) is 0 Å². The molecule has 0 amide bonds. The Hall–Kier alpha value is -1.02. The molecule has 1 aromatic rings. The zero-order chi connectivity index (χ0) is 13.0. The molecule has 2 atom stereocenters. The van der Waals surface area contributed by atoms with E-state index in [0.717, 1.165) is 12.0 Å². The first-order chi connectivity index (χ1) is 8.77. The molecule has 1 N–H and O–H groups in total. The molecule has 100 valence electrons. The van der Waals surface area contributed by atoms with Gasteiger partial charge in [0.05, 0.1) is 0 Å². The van der Waals surface area contributed by atoms with Crippen LogP contribution in [0.2, 0.25) is 0 Å². The first kappa shape index (κ1) is 13.4. The van der Waals surface area contributed by atoms with Gasteiger partial charge in [0.1, 0.15) is 5.75 Å². The Morgan fingerprint density at radius 3 is 2.72 bits per heavy atom. The number of phenols is 1. The van der Waals surface area contributed by atoms with Crippen LogP contribution in [0.5, 0.6) is 5.75 Å². The topological polar surface area (TPSA) is 23.5 Å². The second-order valence-electron chi connectivity index (χ2n) is 5.28. The molecule has 18 heavy (non-hydrogen) atoms. The molecular formula is C16H25NO. The standard InChI is InChI=1S/C16H25NO/c1-3-13-9-7-8-12-17(13)15(4-2)14-10-5-6-11-16(14)18/h5-6,10-11,13,15,18H,3-4,7-9,12H2,1-2H3. The van der Waals surface area contributed by atoms with Crippen molar-refractivity contribution in [1.29, 1.82) is 0 Å². The highest BCUT2D eigenvalue weighted by Crippen LogP contribution is 2.35. The van der Waals surface area contributed by atoms with Gasteiger partial charge in [-0.2, -0.15) is 0 Å². The monoisotopic (exact) mass is 247 g/mol. The van der Waals surface area contributed by atoms with Gasteiger partial charge in [0.2, 0.25) is 0 Å². The number of likely N-dealkylation sites (tertiary alicyclic amines) is 1. The average Bonchev–Trinajstić information content (AvgIpc) is 2.42. The molecule has 2 unspecified atom stereocenters. The van der Waals surface area contributed by atoms with Crippen LogP contribution in [0.3, 0.4) is 0 Å². The zero-order valence-electron chi connectivity index (χ0n) is 11.6. The number of benzene rings is 1. The van der Waals surface area contributed by atoms with E-state index in [0.29, 0.717) is 17.8 Å². The molecule has 0 saturated carbocycles. The van der Waals surface area contributed by atoms with Crippen molar-refractivity contribution in [3.8, 4) is 5.75 Å².